The van der Waals surface area contributed by atoms with Crippen molar-refractivity contribution < 1.29 is 0 Å². The molecule has 1 aromatic carbocycles. The predicted octanol–water partition coefficient (Wildman–Crippen LogP) is 3.44. The minimum atomic E-state index is 0.781. The van der Waals surface area contributed by atoms with Crippen LogP contribution in [-0.4, -0.2) is 9.78 Å². The van der Waals surface area contributed by atoms with Crippen LogP contribution < -0.4 is 5.73 Å². The molecule has 2 heterocycles. The van der Waals surface area contributed by atoms with Crippen LogP contribution in [0.15, 0.2) is 53.5 Å². The van der Waals surface area contributed by atoms with Gasteiger partial charge in [0.2, 0.25) is 0 Å². The maximum atomic E-state index is 5.80. The lowest BCUT2D eigenvalue weighted by atomic mass is 10.1. The van der Waals surface area contributed by atoms with Crippen LogP contribution in [0.4, 0.5) is 5.69 Å². The first-order chi connectivity index (χ1) is 9.31. The molecule has 0 aliphatic heterocycles. The van der Waals surface area contributed by atoms with Gasteiger partial charge in [-0.2, -0.15) is 16.4 Å². The maximum absolute atomic E-state index is 5.80. The molecule has 0 saturated carbocycles. The Bertz CT molecular complexity index is 656. The van der Waals surface area contributed by atoms with Crippen LogP contribution >= 0.6 is 11.3 Å². The van der Waals surface area contributed by atoms with Gasteiger partial charge in [0.1, 0.15) is 0 Å². The molecule has 0 fully saturated rings. The molecule has 0 spiro atoms. The Morgan fingerprint density at radius 3 is 2.95 bits per heavy atom. The van der Waals surface area contributed by atoms with E-state index in [9.17, 15) is 0 Å². The molecule has 3 nitrogen and oxygen atoms in total. The molecule has 0 bridgehead atoms. The summed E-state index contributed by atoms with van der Waals surface area (Å²) in [5.41, 5.74) is 10.2. The topological polar surface area (TPSA) is 43.8 Å². The third kappa shape index (κ3) is 2.85. The van der Waals surface area contributed by atoms with Gasteiger partial charge in [0, 0.05) is 24.0 Å². The third-order valence-electron chi connectivity index (χ3n) is 3.06. The van der Waals surface area contributed by atoms with E-state index >= 15 is 0 Å². The number of hydrogen-bond acceptors (Lipinski definition) is 3. The number of aromatic nitrogens is 2. The molecule has 19 heavy (non-hydrogen) atoms. The smallest absolute Gasteiger partial charge is 0.0568 e. The Labute approximate surface area is 116 Å². The summed E-state index contributed by atoms with van der Waals surface area (Å²) in [5.74, 6) is 0. The van der Waals surface area contributed by atoms with E-state index in [-0.39, 0.29) is 0 Å². The molecule has 0 aliphatic rings. The minimum Gasteiger partial charge on any atom is -0.399 e. The fraction of sp³-hybridized carbons (Fsp3) is 0.133. The molecular formula is C15H15N3S. The van der Waals surface area contributed by atoms with E-state index in [0.717, 1.165) is 29.8 Å². The van der Waals surface area contributed by atoms with Crippen LogP contribution in [0.3, 0.4) is 0 Å². The summed E-state index contributed by atoms with van der Waals surface area (Å²) < 4.78 is 1.98. The van der Waals surface area contributed by atoms with Crippen molar-refractivity contribution in [2.24, 2.45) is 0 Å². The first kappa shape index (κ1) is 12.0. The van der Waals surface area contributed by atoms with Gasteiger partial charge in [0.25, 0.3) is 0 Å². The van der Waals surface area contributed by atoms with Crippen molar-refractivity contribution in [3.63, 3.8) is 0 Å². The highest BCUT2D eigenvalue weighted by atomic mass is 32.1. The highest BCUT2D eigenvalue weighted by Crippen LogP contribution is 2.20. The molecule has 0 aliphatic carbocycles. The van der Waals surface area contributed by atoms with E-state index in [1.807, 2.05) is 29.1 Å². The standard InChI is InChI=1S/C15H15N3S/c16-15-3-1-2-13(8-15)14-9-17-18(10-14)6-4-12-5-7-19-11-12/h1-3,5,7-11H,4,6,16H2. The Kier molecular flexibility index (Phi) is 3.33. The first-order valence-corrected chi connectivity index (χ1v) is 7.15. The first-order valence-electron chi connectivity index (χ1n) is 6.21. The summed E-state index contributed by atoms with van der Waals surface area (Å²) in [7, 11) is 0. The van der Waals surface area contributed by atoms with Gasteiger partial charge in [-0.15, -0.1) is 0 Å². The summed E-state index contributed by atoms with van der Waals surface area (Å²) in [5, 5.41) is 8.69. The van der Waals surface area contributed by atoms with Crippen molar-refractivity contribution in [2.45, 2.75) is 13.0 Å². The zero-order chi connectivity index (χ0) is 13.1. The number of thiophene rings is 1. The molecule has 0 radical (unpaired) electrons. The lowest BCUT2D eigenvalue weighted by Gasteiger charge is -2.00. The van der Waals surface area contributed by atoms with Gasteiger partial charge >= 0.3 is 0 Å². The van der Waals surface area contributed by atoms with Crippen LogP contribution in [0.1, 0.15) is 5.56 Å². The second kappa shape index (κ2) is 5.28. The molecule has 2 N–H and O–H groups in total. The molecule has 96 valence electrons. The Morgan fingerprint density at radius 2 is 2.16 bits per heavy atom. The van der Waals surface area contributed by atoms with Crippen LogP contribution in [-0.2, 0) is 13.0 Å². The quantitative estimate of drug-likeness (QED) is 0.737. The van der Waals surface area contributed by atoms with Gasteiger partial charge in [-0.3, -0.25) is 4.68 Å². The molecule has 3 rings (SSSR count). The van der Waals surface area contributed by atoms with E-state index in [4.69, 9.17) is 5.73 Å². The monoisotopic (exact) mass is 269 g/mol. The molecule has 0 atom stereocenters. The van der Waals surface area contributed by atoms with Crippen LogP contribution in [0.5, 0.6) is 0 Å². The van der Waals surface area contributed by atoms with Gasteiger partial charge in [0.15, 0.2) is 0 Å². The second-order valence-corrected chi connectivity index (χ2v) is 5.28. The number of hydrogen-bond donors (Lipinski definition) is 1. The van der Waals surface area contributed by atoms with Crippen molar-refractivity contribution in [3.8, 4) is 11.1 Å². The number of nitrogens with two attached hydrogens (primary N) is 1. The zero-order valence-corrected chi connectivity index (χ0v) is 11.3. The van der Waals surface area contributed by atoms with Crippen LogP contribution in [0.25, 0.3) is 11.1 Å². The SMILES string of the molecule is Nc1cccc(-c2cnn(CCc3ccsc3)c2)c1. The second-order valence-electron chi connectivity index (χ2n) is 4.50. The average molecular weight is 269 g/mol. The average Bonchev–Trinajstić information content (AvgIpc) is 3.08. The fourth-order valence-corrected chi connectivity index (χ4v) is 2.73. The highest BCUT2D eigenvalue weighted by molar-refractivity contribution is 7.07. The molecule has 0 saturated heterocycles. The third-order valence-corrected chi connectivity index (χ3v) is 3.79. The fourth-order valence-electron chi connectivity index (χ4n) is 2.03. The Balaban J connectivity index is 1.72. The van der Waals surface area contributed by atoms with Crippen molar-refractivity contribution in [1.82, 2.24) is 9.78 Å². The van der Waals surface area contributed by atoms with Gasteiger partial charge in [-0.25, -0.2) is 0 Å². The number of anilines is 1. The molecule has 2 aromatic heterocycles. The van der Waals surface area contributed by atoms with Gasteiger partial charge < -0.3 is 5.73 Å². The summed E-state index contributed by atoms with van der Waals surface area (Å²) in [6.45, 7) is 0.902. The maximum Gasteiger partial charge on any atom is 0.0568 e. The predicted molar refractivity (Wildman–Crippen MR) is 80.1 cm³/mol. The molecule has 0 amide bonds. The molecule has 4 heteroatoms. The highest BCUT2D eigenvalue weighted by Gasteiger charge is 2.02. The number of nitrogen functional groups attached to an aromatic ring is 1. The van der Waals surface area contributed by atoms with Gasteiger partial charge in [0.05, 0.1) is 6.20 Å². The van der Waals surface area contributed by atoms with E-state index < -0.39 is 0 Å². The lowest BCUT2D eigenvalue weighted by Crippen LogP contribution is -2.00. The van der Waals surface area contributed by atoms with E-state index in [1.54, 1.807) is 11.3 Å². The zero-order valence-electron chi connectivity index (χ0n) is 10.5. The number of benzene rings is 1. The number of rotatable bonds is 4. The number of aryl methyl sites for hydroxylation is 2. The van der Waals surface area contributed by atoms with E-state index in [2.05, 4.69) is 34.2 Å². The normalized spacial score (nSPS) is 10.7. The summed E-state index contributed by atoms with van der Waals surface area (Å²) in [4.78, 5) is 0. The summed E-state index contributed by atoms with van der Waals surface area (Å²) >= 11 is 1.73. The van der Waals surface area contributed by atoms with Crippen LogP contribution in [0.2, 0.25) is 0 Å². The van der Waals surface area contributed by atoms with Crippen molar-refractivity contribution in [1.29, 1.82) is 0 Å². The van der Waals surface area contributed by atoms with Gasteiger partial charge in [-0.1, -0.05) is 12.1 Å². The largest absolute Gasteiger partial charge is 0.399 e. The van der Waals surface area contributed by atoms with Crippen molar-refractivity contribution in [3.05, 3.63) is 59.0 Å². The molecular weight excluding hydrogens is 254 g/mol. The van der Waals surface area contributed by atoms with Crippen LogP contribution in [0, 0.1) is 0 Å². The minimum absolute atomic E-state index is 0.781. The Morgan fingerprint density at radius 1 is 1.21 bits per heavy atom. The van der Waals surface area contributed by atoms with Gasteiger partial charge in [-0.05, 0) is 46.5 Å². The van der Waals surface area contributed by atoms with Crippen molar-refractivity contribution >= 4 is 17.0 Å². The molecule has 3 aromatic rings. The van der Waals surface area contributed by atoms with E-state index in [0.29, 0.717) is 0 Å². The van der Waals surface area contributed by atoms with E-state index in [1.165, 1.54) is 5.56 Å². The summed E-state index contributed by atoms with van der Waals surface area (Å²) in [6, 6.07) is 10.0. The molecule has 0 unspecified atom stereocenters. The number of nitrogens with zero attached hydrogens (tertiary/aromatic N) is 2. The lowest BCUT2D eigenvalue weighted by molar-refractivity contribution is 0.616. The summed E-state index contributed by atoms with van der Waals surface area (Å²) in [6.07, 6.45) is 4.98. The Hall–Kier alpha value is -2.07. The van der Waals surface area contributed by atoms with Crippen molar-refractivity contribution in [2.75, 3.05) is 5.73 Å².